The minimum Gasteiger partial charge on any atom is -0.390 e. The standard InChI is InChI=1S/C18H24N4O3S/c1-14-3-5-18(6-4-14)26(24,25)21-11-17(12-21)20-7-2-8-22-16(10-20)9-15(13-23)19-22/h3-6,9,17,23H,2,7-8,10-13H2,1H3. The number of sulfonamides is 1. The van der Waals surface area contributed by atoms with Gasteiger partial charge in [-0.2, -0.15) is 9.40 Å². The highest BCUT2D eigenvalue weighted by atomic mass is 32.2. The monoisotopic (exact) mass is 376 g/mol. The van der Waals surface area contributed by atoms with E-state index >= 15 is 0 Å². The molecule has 0 amide bonds. The maximum atomic E-state index is 12.7. The summed E-state index contributed by atoms with van der Waals surface area (Å²) in [7, 11) is -3.40. The van der Waals surface area contributed by atoms with Gasteiger partial charge in [-0.1, -0.05) is 17.7 Å². The van der Waals surface area contributed by atoms with E-state index in [1.54, 1.807) is 16.4 Å². The molecule has 0 unspecified atom stereocenters. The summed E-state index contributed by atoms with van der Waals surface area (Å²) in [6.07, 6.45) is 0.973. The smallest absolute Gasteiger partial charge is 0.243 e. The number of rotatable bonds is 4. The van der Waals surface area contributed by atoms with Crippen molar-refractivity contribution in [2.24, 2.45) is 0 Å². The molecule has 4 rings (SSSR count). The number of aromatic nitrogens is 2. The maximum absolute atomic E-state index is 12.7. The van der Waals surface area contributed by atoms with E-state index in [4.69, 9.17) is 0 Å². The Kier molecular flexibility index (Phi) is 4.60. The van der Waals surface area contributed by atoms with Crippen molar-refractivity contribution in [3.8, 4) is 0 Å². The topological polar surface area (TPSA) is 78.7 Å². The first-order valence-electron chi connectivity index (χ1n) is 8.95. The molecule has 0 radical (unpaired) electrons. The molecule has 8 heteroatoms. The van der Waals surface area contributed by atoms with Crippen molar-refractivity contribution in [3.63, 3.8) is 0 Å². The first-order valence-corrected chi connectivity index (χ1v) is 10.4. The fourth-order valence-electron chi connectivity index (χ4n) is 3.64. The first-order chi connectivity index (χ1) is 12.5. The Morgan fingerprint density at radius 2 is 1.92 bits per heavy atom. The van der Waals surface area contributed by atoms with E-state index in [1.165, 1.54) is 0 Å². The second-order valence-electron chi connectivity index (χ2n) is 7.12. The fourth-order valence-corrected chi connectivity index (χ4v) is 5.15. The van der Waals surface area contributed by atoms with Crippen LogP contribution in [0.25, 0.3) is 0 Å². The highest BCUT2D eigenvalue weighted by molar-refractivity contribution is 7.89. The number of hydrogen-bond acceptors (Lipinski definition) is 5. The van der Waals surface area contributed by atoms with Crippen LogP contribution in [0, 0.1) is 6.92 Å². The number of fused-ring (bicyclic) bond motifs is 1. The minimum absolute atomic E-state index is 0.0496. The Morgan fingerprint density at radius 3 is 2.62 bits per heavy atom. The summed E-state index contributed by atoms with van der Waals surface area (Å²) in [6, 6.07) is 9.20. The number of hydrogen-bond donors (Lipinski definition) is 1. The van der Waals surface area contributed by atoms with Crippen LogP contribution in [0.15, 0.2) is 35.2 Å². The van der Waals surface area contributed by atoms with Crippen molar-refractivity contribution in [1.82, 2.24) is 19.0 Å². The van der Waals surface area contributed by atoms with Gasteiger partial charge in [0.25, 0.3) is 0 Å². The van der Waals surface area contributed by atoms with Gasteiger partial charge in [-0.25, -0.2) is 8.42 Å². The van der Waals surface area contributed by atoms with Gasteiger partial charge < -0.3 is 5.11 Å². The maximum Gasteiger partial charge on any atom is 0.243 e. The molecule has 0 aliphatic carbocycles. The molecule has 7 nitrogen and oxygen atoms in total. The van der Waals surface area contributed by atoms with Gasteiger partial charge in [0.1, 0.15) is 0 Å². The van der Waals surface area contributed by atoms with Gasteiger partial charge in [-0.05, 0) is 31.5 Å². The van der Waals surface area contributed by atoms with Crippen LogP contribution in [-0.4, -0.2) is 58.2 Å². The van der Waals surface area contributed by atoms with Gasteiger partial charge in [0.2, 0.25) is 10.0 Å². The van der Waals surface area contributed by atoms with Crippen molar-refractivity contribution in [1.29, 1.82) is 0 Å². The van der Waals surface area contributed by atoms with E-state index in [1.807, 2.05) is 29.8 Å². The molecule has 1 fully saturated rings. The summed E-state index contributed by atoms with van der Waals surface area (Å²) < 4.78 is 29.0. The summed E-state index contributed by atoms with van der Waals surface area (Å²) in [5.41, 5.74) is 2.83. The Labute approximate surface area is 153 Å². The normalized spacial score (nSPS) is 19.8. The second kappa shape index (κ2) is 6.77. The molecule has 0 bridgehead atoms. The zero-order chi connectivity index (χ0) is 18.3. The van der Waals surface area contributed by atoms with Crippen LogP contribution < -0.4 is 0 Å². The van der Waals surface area contributed by atoms with Crippen LogP contribution >= 0.6 is 0 Å². The van der Waals surface area contributed by atoms with Crippen LogP contribution in [0.1, 0.15) is 23.4 Å². The van der Waals surface area contributed by atoms with E-state index in [0.29, 0.717) is 23.7 Å². The van der Waals surface area contributed by atoms with Crippen LogP contribution in [-0.2, 0) is 29.7 Å². The Hall–Kier alpha value is -1.74. The third-order valence-corrected chi connectivity index (χ3v) is 7.11. The van der Waals surface area contributed by atoms with E-state index in [2.05, 4.69) is 10.00 Å². The van der Waals surface area contributed by atoms with Crippen molar-refractivity contribution in [2.45, 2.75) is 44.0 Å². The highest BCUT2D eigenvalue weighted by Gasteiger charge is 2.40. The third-order valence-electron chi connectivity index (χ3n) is 5.26. The zero-order valence-corrected chi connectivity index (χ0v) is 15.7. The van der Waals surface area contributed by atoms with Crippen molar-refractivity contribution in [2.75, 3.05) is 19.6 Å². The fraction of sp³-hybridized carbons (Fsp3) is 0.500. The third kappa shape index (κ3) is 3.18. The molecule has 1 aromatic carbocycles. The summed E-state index contributed by atoms with van der Waals surface area (Å²) in [4.78, 5) is 2.70. The Bertz CT molecular complexity index is 886. The predicted molar refractivity (Wildman–Crippen MR) is 96.9 cm³/mol. The molecule has 2 aliphatic rings. The Morgan fingerprint density at radius 1 is 1.19 bits per heavy atom. The molecule has 26 heavy (non-hydrogen) atoms. The summed E-state index contributed by atoms with van der Waals surface area (Å²) >= 11 is 0. The lowest BCUT2D eigenvalue weighted by molar-refractivity contribution is 0.0827. The number of benzene rings is 1. The molecule has 1 N–H and O–H groups in total. The summed E-state index contributed by atoms with van der Waals surface area (Å²) in [6.45, 7) is 5.46. The molecule has 0 spiro atoms. The van der Waals surface area contributed by atoms with Gasteiger partial charge in [-0.15, -0.1) is 0 Å². The largest absolute Gasteiger partial charge is 0.390 e. The van der Waals surface area contributed by atoms with Gasteiger partial charge in [0.15, 0.2) is 0 Å². The molecular formula is C18H24N4O3S. The van der Waals surface area contributed by atoms with Gasteiger partial charge in [0, 0.05) is 38.8 Å². The second-order valence-corrected chi connectivity index (χ2v) is 9.06. The molecule has 2 aliphatic heterocycles. The van der Waals surface area contributed by atoms with E-state index in [0.717, 1.165) is 37.3 Å². The van der Waals surface area contributed by atoms with Gasteiger partial charge >= 0.3 is 0 Å². The minimum atomic E-state index is -3.40. The molecule has 0 atom stereocenters. The average molecular weight is 376 g/mol. The molecule has 3 heterocycles. The number of aliphatic hydroxyl groups is 1. The molecular weight excluding hydrogens is 352 g/mol. The van der Waals surface area contributed by atoms with E-state index in [9.17, 15) is 13.5 Å². The van der Waals surface area contributed by atoms with Gasteiger partial charge in [-0.3, -0.25) is 9.58 Å². The van der Waals surface area contributed by atoms with Crippen LogP contribution in [0.4, 0.5) is 0 Å². The quantitative estimate of drug-likeness (QED) is 0.860. The zero-order valence-electron chi connectivity index (χ0n) is 14.9. The van der Waals surface area contributed by atoms with E-state index < -0.39 is 10.0 Å². The first kappa shape index (κ1) is 17.7. The summed E-state index contributed by atoms with van der Waals surface area (Å²) in [5, 5.41) is 13.7. The van der Waals surface area contributed by atoms with Crippen LogP contribution in [0.2, 0.25) is 0 Å². The molecule has 1 saturated heterocycles. The van der Waals surface area contributed by atoms with Crippen LogP contribution in [0.3, 0.4) is 0 Å². The lowest BCUT2D eigenvalue weighted by Gasteiger charge is -2.44. The van der Waals surface area contributed by atoms with Crippen molar-refractivity contribution in [3.05, 3.63) is 47.3 Å². The number of aryl methyl sites for hydroxylation is 2. The number of aliphatic hydroxyl groups excluding tert-OH is 1. The SMILES string of the molecule is Cc1ccc(S(=O)(=O)N2CC(N3CCCn4nc(CO)cc4C3)C2)cc1. The molecule has 1 aromatic heterocycles. The lowest BCUT2D eigenvalue weighted by Crippen LogP contribution is -2.60. The average Bonchev–Trinajstić information content (AvgIpc) is 2.86. The lowest BCUT2D eigenvalue weighted by atomic mass is 10.1. The van der Waals surface area contributed by atoms with E-state index in [-0.39, 0.29) is 12.6 Å². The molecule has 140 valence electrons. The van der Waals surface area contributed by atoms with Crippen molar-refractivity contribution >= 4 is 10.0 Å². The van der Waals surface area contributed by atoms with Crippen molar-refractivity contribution < 1.29 is 13.5 Å². The number of nitrogens with zero attached hydrogens (tertiary/aromatic N) is 4. The predicted octanol–water partition coefficient (Wildman–Crippen LogP) is 0.963. The highest BCUT2D eigenvalue weighted by Crippen LogP contribution is 2.27. The van der Waals surface area contributed by atoms with Crippen LogP contribution in [0.5, 0.6) is 0 Å². The van der Waals surface area contributed by atoms with Gasteiger partial charge in [0.05, 0.1) is 22.9 Å². The Balaban J connectivity index is 1.43. The summed E-state index contributed by atoms with van der Waals surface area (Å²) in [5.74, 6) is 0. The molecule has 0 saturated carbocycles. The molecule has 2 aromatic rings.